The molecule has 3 aromatic rings. The van der Waals surface area contributed by atoms with Gasteiger partial charge in [0.2, 0.25) is 5.95 Å². The van der Waals surface area contributed by atoms with Crippen LogP contribution in [0.4, 0.5) is 5.95 Å². The van der Waals surface area contributed by atoms with Crippen molar-refractivity contribution in [2.45, 2.75) is 12.8 Å². The highest BCUT2D eigenvalue weighted by Gasteiger charge is 2.17. The van der Waals surface area contributed by atoms with Crippen LogP contribution in [0, 0.1) is 0 Å². The van der Waals surface area contributed by atoms with Gasteiger partial charge >= 0.3 is 0 Å². The van der Waals surface area contributed by atoms with E-state index in [1.165, 1.54) is 0 Å². The largest absolute Gasteiger partial charge is 0.495 e. The normalized spacial score (nSPS) is 10.6. The van der Waals surface area contributed by atoms with Crippen molar-refractivity contribution >= 4 is 22.6 Å². The average Bonchev–Trinajstić information content (AvgIpc) is 2.65. The van der Waals surface area contributed by atoms with Crippen LogP contribution in [-0.4, -0.2) is 35.0 Å². The molecule has 0 spiro atoms. The van der Waals surface area contributed by atoms with E-state index in [0.717, 1.165) is 5.69 Å². The quantitative estimate of drug-likeness (QED) is 0.689. The second kappa shape index (κ2) is 7.12. The van der Waals surface area contributed by atoms with E-state index < -0.39 is 0 Å². The molecule has 0 radical (unpaired) electrons. The Morgan fingerprint density at radius 2 is 1.84 bits per heavy atom. The van der Waals surface area contributed by atoms with E-state index in [4.69, 9.17) is 15.2 Å². The summed E-state index contributed by atoms with van der Waals surface area (Å²) < 4.78 is 10.6. The summed E-state index contributed by atoms with van der Waals surface area (Å²) in [5, 5.41) is 0.617. The van der Waals surface area contributed by atoms with Crippen LogP contribution in [0.15, 0.2) is 36.5 Å². The summed E-state index contributed by atoms with van der Waals surface area (Å²) in [6.07, 6.45) is 2.35. The number of aryl methyl sites for hydroxylation is 1. The number of para-hydroxylation sites is 1. The summed E-state index contributed by atoms with van der Waals surface area (Å²) in [6, 6.07) is 8.94. The Kier molecular flexibility index (Phi) is 4.74. The molecule has 7 nitrogen and oxygen atoms in total. The Morgan fingerprint density at radius 3 is 2.60 bits per heavy atom. The van der Waals surface area contributed by atoms with Gasteiger partial charge in [-0.3, -0.25) is 9.78 Å². The van der Waals surface area contributed by atoms with Crippen LogP contribution in [0.2, 0.25) is 0 Å². The number of anilines is 1. The van der Waals surface area contributed by atoms with Gasteiger partial charge in [-0.05, 0) is 18.2 Å². The van der Waals surface area contributed by atoms with Gasteiger partial charge in [0.25, 0.3) is 0 Å². The fourth-order valence-corrected chi connectivity index (χ4v) is 2.67. The SMILES string of the molecule is COc1cccnc1CCC(=O)c1nc(N)nc2c(OC)cccc12. The predicted molar refractivity (Wildman–Crippen MR) is 93.9 cm³/mol. The molecule has 0 bridgehead atoms. The first-order valence-electron chi connectivity index (χ1n) is 7.75. The van der Waals surface area contributed by atoms with Gasteiger partial charge in [-0.25, -0.2) is 9.97 Å². The molecule has 0 aliphatic heterocycles. The number of carbonyl (C=O) groups excluding carboxylic acids is 1. The van der Waals surface area contributed by atoms with Gasteiger partial charge < -0.3 is 15.2 Å². The van der Waals surface area contributed by atoms with Crippen LogP contribution < -0.4 is 15.2 Å². The Morgan fingerprint density at radius 1 is 1.08 bits per heavy atom. The molecule has 0 aliphatic rings. The lowest BCUT2D eigenvalue weighted by molar-refractivity contribution is 0.0979. The van der Waals surface area contributed by atoms with Gasteiger partial charge in [0.1, 0.15) is 22.7 Å². The zero-order valence-corrected chi connectivity index (χ0v) is 14.0. The molecule has 0 unspecified atom stereocenters. The highest BCUT2D eigenvalue weighted by molar-refractivity contribution is 6.07. The minimum absolute atomic E-state index is 0.0377. The van der Waals surface area contributed by atoms with E-state index in [0.29, 0.717) is 28.8 Å². The van der Waals surface area contributed by atoms with E-state index >= 15 is 0 Å². The number of pyridine rings is 1. The van der Waals surface area contributed by atoms with E-state index in [1.807, 2.05) is 6.07 Å². The number of carbonyl (C=O) groups is 1. The Labute approximate surface area is 144 Å². The summed E-state index contributed by atoms with van der Waals surface area (Å²) in [4.78, 5) is 25.3. The molecule has 1 aromatic carbocycles. The van der Waals surface area contributed by atoms with Crippen LogP contribution in [0.5, 0.6) is 11.5 Å². The van der Waals surface area contributed by atoms with Crippen molar-refractivity contribution in [3.8, 4) is 11.5 Å². The van der Waals surface area contributed by atoms with Crippen molar-refractivity contribution in [3.63, 3.8) is 0 Å². The third-order valence-electron chi connectivity index (χ3n) is 3.85. The lowest BCUT2D eigenvalue weighted by Gasteiger charge is -2.09. The summed E-state index contributed by atoms with van der Waals surface area (Å²) in [5.74, 6) is 1.10. The highest BCUT2D eigenvalue weighted by Crippen LogP contribution is 2.27. The number of rotatable bonds is 6. The monoisotopic (exact) mass is 338 g/mol. The topological polar surface area (TPSA) is 100 Å². The molecular weight excluding hydrogens is 320 g/mol. The lowest BCUT2D eigenvalue weighted by atomic mass is 10.1. The summed E-state index contributed by atoms with van der Waals surface area (Å²) in [5.41, 5.74) is 7.31. The smallest absolute Gasteiger partial charge is 0.221 e. The predicted octanol–water partition coefficient (Wildman–Crippen LogP) is 2.44. The maximum atomic E-state index is 12.7. The molecule has 0 saturated heterocycles. The van der Waals surface area contributed by atoms with Gasteiger partial charge in [-0.2, -0.15) is 0 Å². The van der Waals surface area contributed by atoms with Crippen molar-refractivity contribution in [2.24, 2.45) is 0 Å². The second-order valence-corrected chi connectivity index (χ2v) is 5.36. The minimum atomic E-state index is -0.139. The van der Waals surface area contributed by atoms with Gasteiger partial charge in [0, 0.05) is 24.4 Å². The fraction of sp³-hybridized carbons (Fsp3) is 0.222. The summed E-state index contributed by atoms with van der Waals surface area (Å²) >= 11 is 0. The van der Waals surface area contributed by atoms with Crippen LogP contribution in [0.3, 0.4) is 0 Å². The number of nitrogen functional groups attached to an aromatic ring is 1. The first-order chi connectivity index (χ1) is 12.1. The fourth-order valence-electron chi connectivity index (χ4n) is 2.67. The molecule has 2 N–H and O–H groups in total. The van der Waals surface area contributed by atoms with Gasteiger partial charge in [0.15, 0.2) is 5.78 Å². The number of hydrogen-bond donors (Lipinski definition) is 1. The van der Waals surface area contributed by atoms with E-state index in [2.05, 4.69) is 15.0 Å². The number of ketones is 1. The van der Waals surface area contributed by atoms with Crippen LogP contribution in [0.25, 0.3) is 10.9 Å². The van der Waals surface area contributed by atoms with Crippen LogP contribution in [0.1, 0.15) is 22.6 Å². The summed E-state index contributed by atoms with van der Waals surface area (Å²) in [7, 11) is 3.12. The van der Waals surface area contributed by atoms with Crippen molar-refractivity contribution in [2.75, 3.05) is 20.0 Å². The standard InChI is InChI=1S/C18H18N4O3/c1-24-14-7-4-10-20-12(14)8-9-13(23)16-11-5-3-6-15(25-2)17(11)22-18(19)21-16/h3-7,10H,8-9H2,1-2H3,(H2,19,21,22). The Bertz CT molecular complexity index is 927. The molecule has 2 aromatic heterocycles. The van der Waals surface area contributed by atoms with Crippen LogP contribution in [-0.2, 0) is 6.42 Å². The summed E-state index contributed by atoms with van der Waals surface area (Å²) in [6.45, 7) is 0. The average molecular weight is 338 g/mol. The third-order valence-corrected chi connectivity index (χ3v) is 3.85. The zero-order valence-electron chi connectivity index (χ0n) is 14.0. The third kappa shape index (κ3) is 3.35. The Balaban J connectivity index is 1.92. The first-order valence-corrected chi connectivity index (χ1v) is 7.75. The number of hydrogen-bond acceptors (Lipinski definition) is 7. The molecule has 0 aliphatic carbocycles. The van der Waals surface area contributed by atoms with E-state index in [9.17, 15) is 4.79 Å². The number of methoxy groups -OCH3 is 2. The molecular formula is C18H18N4O3. The van der Waals surface area contributed by atoms with Crippen LogP contribution >= 0.6 is 0 Å². The lowest BCUT2D eigenvalue weighted by Crippen LogP contribution is -2.09. The molecule has 3 rings (SSSR count). The number of Topliss-reactive ketones (excluding diaryl/α,β-unsaturated/α-hetero) is 1. The number of ether oxygens (including phenoxy) is 2. The number of nitrogens with zero attached hydrogens (tertiary/aromatic N) is 3. The number of aromatic nitrogens is 3. The molecule has 128 valence electrons. The van der Waals surface area contributed by atoms with Crippen molar-refractivity contribution in [3.05, 3.63) is 47.9 Å². The molecule has 7 heteroatoms. The van der Waals surface area contributed by atoms with Gasteiger partial charge in [-0.15, -0.1) is 0 Å². The van der Waals surface area contributed by atoms with E-state index in [1.54, 1.807) is 44.7 Å². The molecule has 0 fully saturated rings. The number of benzene rings is 1. The minimum Gasteiger partial charge on any atom is -0.495 e. The Hall–Kier alpha value is -3.22. The van der Waals surface area contributed by atoms with E-state index in [-0.39, 0.29) is 23.8 Å². The molecule has 0 amide bonds. The molecule has 0 atom stereocenters. The molecule has 0 saturated carbocycles. The second-order valence-electron chi connectivity index (χ2n) is 5.36. The van der Waals surface area contributed by atoms with Crippen molar-refractivity contribution in [1.29, 1.82) is 0 Å². The maximum absolute atomic E-state index is 12.7. The van der Waals surface area contributed by atoms with Crippen molar-refractivity contribution in [1.82, 2.24) is 15.0 Å². The number of nitrogens with two attached hydrogens (primary N) is 1. The maximum Gasteiger partial charge on any atom is 0.221 e. The highest BCUT2D eigenvalue weighted by atomic mass is 16.5. The van der Waals surface area contributed by atoms with Crippen molar-refractivity contribution < 1.29 is 14.3 Å². The van der Waals surface area contributed by atoms with Gasteiger partial charge in [0.05, 0.1) is 19.9 Å². The number of fused-ring (bicyclic) bond motifs is 1. The molecule has 2 heterocycles. The first kappa shape index (κ1) is 16.6. The molecule has 25 heavy (non-hydrogen) atoms. The zero-order chi connectivity index (χ0) is 17.8. The van der Waals surface area contributed by atoms with Gasteiger partial charge in [-0.1, -0.05) is 12.1 Å².